The number of ether oxygens (including phenoxy) is 5. The van der Waals surface area contributed by atoms with Crippen LogP contribution in [0.1, 0.15) is 13.3 Å². The molecule has 20 heavy (non-hydrogen) atoms. The number of hydrogen-bond acceptors (Lipinski definition) is 7. The highest BCUT2D eigenvalue weighted by atomic mass is 16.6. The van der Waals surface area contributed by atoms with Crippen molar-refractivity contribution in [3.05, 3.63) is 0 Å². The second kappa shape index (κ2) is 15.9. The van der Waals surface area contributed by atoms with Gasteiger partial charge < -0.3 is 23.7 Å². The zero-order valence-electron chi connectivity index (χ0n) is 12.0. The molecule has 0 aliphatic heterocycles. The van der Waals surface area contributed by atoms with E-state index in [0.717, 1.165) is 0 Å². The fourth-order valence-corrected chi connectivity index (χ4v) is 1.12. The number of rotatable bonds is 15. The van der Waals surface area contributed by atoms with Gasteiger partial charge in [-0.05, 0) is 6.92 Å². The van der Waals surface area contributed by atoms with E-state index in [-0.39, 0.29) is 12.4 Å². The number of ketones is 1. The Morgan fingerprint density at radius 1 is 0.800 bits per heavy atom. The van der Waals surface area contributed by atoms with Crippen LogP contribution < -0.4 is 0 Å². The van der Waals surface area contributed by atoms with Gasteiger partial charge in [0.1, 0.15) is 12.4 Å². The molecule has 0 rings (SSSR count). The van der Waals surface area contributed by atoms with Crippen LogP contribution in [0.15, 0.2) is 0 Å². The van der Waals surface area contributed by atoms with Gasteiger partial charge in [-0.15, -0.1) is 0 Å². The van der Waals surface area contributed by atoms with Crippen LogP contribution in [0.4, 0.5) is 0 Å². The van der Waals surface area contributed by atoms with Gasteiger partial charge in [0.2, 0.25) is 0 Å². The Balaban J connectivity index is 2.96. The third-order valence-corrected chi connectivity index (χ3v) is 2.11. The van der Waals surface area contributed by atoms with Crippen molar-refractivity contribution in [2.24, 2.45) is 0 Å². The summed E-state index contributed by atoms with van der Waals surface area (Å²) in [6.45, 7) is 5.53. The van der Waals surface area contributed by atoms with E-state index in [4.69, 9.17) is 24.2 Å². The van der Waals surface area contributed by atoms with Crippen LogP contribution in [0.5, 0.6) is 0 Å². The minimum absolute atomic E-state index is 0.126. The molecule has 0 heterocycles. The van der Waals surface area contributed by atoms with Crippen LogP contribution in [0.3, 0.4) is 0 Å². The molecule has 0 radical (unpaired) electrons. The maximum absolute atomic E-state index is 10.6. The summed E-state index contributed by atoms with van der Waals surface area (Å²) in [6, 6.07) is 0. The lowest BCUT2D eigenvalue weighted by Gasteiger charge is -2.06. The lowest BCUT2D eigenvalue weighted by Crippen LogP contribution is -2.13. The first-order valence-electron chi connectivity index (χ1n) is 6.58. The monoisotopic (exact) mass is 289 g/mol. The Morgan fingerprint density at radius 2 is 1.20 bits per heavy atom. The molecule has 0 saturated heterocycles. The van der Waals surface area contributed by atoms with Gasteiger partial charge in [0.15, 0.2) is 0 Å². The van der Waals surface area contributed by atoms with Crippen molar-refractivity contribution in [3.63, 3.8) is 0 Å². The van der Waals surface area contributed by atoms with Gasteiger partial charge in [0.25, 0.3) is 6.26 Å². The normalized spacial score (nSPS) is 10.2. The van der Waals surface area contributed by atoms with E-state index >= 15 is 0 Å². The smallest absolute Gasteiger partial charge is 0.286 e. The van der Waals surface area contributed by atoms with Crippen LogP contribution in [0, 0.1) is 11.5 Å². The molecule has 0 aromatic carbocycles. The van der Waals surface area contributed by atoms with Gasteiger partial charge in [-0.1, -0.05) is 0 Å². The van der Waals surface area contributed by atoms with Crippen LogP contribution in [-0.2, 0) is 28.5 Å². The minimum Gasteiger partial charge on any atom is -0.425 e. The molecule has 0 aliphatic rings. The molecule has 0 atom stereocenters. The summed E-state index contributed by atoms with van der Waals surface area (Å²) in [6.07, 6.45) is 2.01. The van der Waals surface area contributed by atoms with Crippen molar-refractivity contribution in [2.75, 3.05) is 59.5 Å². The summed E-state index contributed by atoms with van der Waals surface area (Å²) in [4.78, 5) is 10.6. The molecule has 0 saturated carbocycles. The Morgan fingerprint density at radius 3 is 1.60 bits per heavy atom. The van der Waals surface area contributed by atoms with E-state index in [9.17, 15) is 4.79 Å². The molecule has 7 nitrogen and oxygen atoms in total. The number of nitrogens with zero attached hydrogens (tertiary/aromatic N) is 1. The minimum atomic E-state index is 0.126. The number of Topliss-reactive ketones (excluding diaryl/α,β-unsaturated/α-hetero) is 1. The topological polar surface area (TPSA) is 87.0 Å². The maximum atomic E-state index is 10.6. The highest BCUT2D eigenvalue weighted by Gasteiger charge is 1.94. The van der Waals surface area contributed by atoms with E-state index in [2.05, 4.69) is 4.74 Å². The molecule has 0 unspecified atom stereocenters. The summed E-state index contributed by atoms with van der Waals surface area (Å²) in [5.41, 5.74) is 0. The predicted molar refractivity (Wildman–Crippen MR) is 70.1 cm³/mol. The van der Waals surface area contributed by atoms with Gasteiger partial charge in [0.05, 0.1) is 52.9 Å². The van der Waals surface area contributed by atoms with Gasteiger partial charge in [-0.2, -0.15) is 5.26 Å². The highest BCUT2D eigenvalue weighted by Crippen LogP contribution is 1.86. The summed E-state index contributed by atoms with van der Waals surface area (Å²) in [5, 5.41) is 8.09. The Bertz CT molecular complexity index is 266. The average molecular weight is 289 g/mol. The first-order valence-corrected chi connectivity index (χ1v) is 6.58. The van der Waals surface area contributed by atoms with Crippen LogP contribution in [0.25, 0.3) is 0 Å². The van der Waals surface area contributed by atoms with Gasteiger partial charge >= 0.3 is 0 Å². The average Bonchev–Trinajstić information content (AvgIpc) is 2.43. The Labute approximate surface area is 119 Å². The number of carbonyl (C=O) groups is 1. The number of carbonyl (C=O) groups excluding carboxylic acids is 1. The molecule has 7 heteroatoms. The van der Waals surface area contributed by atoms with Gasteiger partial charge in [-0.25, -0.2) is 0 Å². The molecular weight excluding hydrogens is 266 g/mol. The van der Waals surface area contributed by atoms with Gasteiger partial charge in [0, 0.05) is 6.42 Å². The quantitative estimate of drug-likeness (QED) is 0.321. The second-order valence-corrected chi connectivity index (χ2v) is 3.84. The fourth-order valence-electron chi connectivity index (χ4n) is 1.12. The Hall–Kier alpha value is -1.20. The van der Waals surface area contributed by atoms with E-state index in [1.807, 2.05) is 0 Å². The summed E-state index contributed by atoms with van der Waals surface area (Å²) in [5.74, 6) is 0.126. The van der Waals surface area contributed by atoms with Crippen LogP contribution in [-0.4, -0.2) is 65.2 Å². The summed E-state index contributed by atoms with van der Waals surface area (Å²) < 4.78 is 25.3. The van der Waals surface area contributed by atoms with Gasteiger partial charge in [-0.3, -0.25) is 4.79 Å². The highest BCUT2D eigenvalue weighted by molar-refractivity contribution is 5.75. The lowest BCUT2D eigenvalue weighted by molar-refractivity contribution is -0.118. The van der Waals surface area contributed by atoms with Crippen LogP contribution >= 0.6 is 0 Å². The summed E-state index contributed by atoms with van der Waals surface area (Å²) in [7, 11) is 0. The van der Waals surface area contributed by atoms with Crippen molar-refractivity contribution in [3.8, 4) is 6.26 Å². The standard InChI is InChI=1S/C13H23NO6/c1-13(15)2-3-16-4-5-17-6-7-18-8-9-19-10-11-20-12-14/h2-11H2,1H3. The zero-order valence-corrected chi connectivity index (χ0v) is 12.0. The first kappa shape index (κ1) is 18.8. The molecular formula is C13H23NO6. The molecule has 0 spiro atoms. The van der Waals surface area contributed by atoms with E-state index in [1.54, 1.807) is 6.26 Å². The molecule has 0 amide bonds. The lowest BCUT2D eigenvalue weighted by atomic mass is 10.3. The van der Waals surface area contributed by atoms with E-state index < -0.39 is 0 Å². The zero-order chi connectivity index (χ0) is 14.9. The molecule has 0 aromatic heterocycles. The van der Waals surface area contributed by atoms with Crippen molar-refractivity contribution >= 4 is 5.78 Å². The molecule has 116 valence electrons. The van der Waals surface area contributed by atoms with Crippen molar-refractivity contribution in [1.29, 1.82) is 5.26 Å². The molecule has 0 aliphatic carbocycles. The summed E-state index contributed by atoms with van der Waals surface area (Å²) >= 11 is 0. The fraction of sp³-hybridized carbons (Fsp3) is 0.846. The molecule has 0 fully saturated rings. The van der Waals surface area contributed by atoms with E-state index in [1.165, 1.54) is 6.92 Å². The van der Waals surface area contributed by atoms with E-state index in [0.29, 0.717) is 59.3 Å². The first-order chi connectivity index (χ1) is 9.77. The number of nitriles is 1. The molecule has 0 bridgehead atoms. The SMILES string of the molecule is CC(=O)CCOCCOCCOCCOCCOC#N. The van der Waals surface area contributed by atoms with Crippen LogP contribution in [0.2, 0.25) is 0 Å². The third-order valence-electron chi connectivity index (χ3n) is 2.11. The number of hydrogen-bond donors (Lipinski definition) is 0. The predicted octanol–water partition coefficient (Wildman–Crippen LogP) is 0.530. The van der Waals surface area contributed by atoms with Crippen molar-refractivity contribution in [1.82, 2.24) is 0 Å². The van der Waals surface area contributed by atoms with Crippen molar-refractivity contribution < 1.29 is 28.5 Å². The Kier molecular flexibility index (Phi) is 14.9. The maximum Gasteiger partial charge on any atom is 0.286 e. The molecule has 0 aromatic rings. The third kappa shape index (κ3) is 16.8. The molecule has 0 N–H and O–H groups in total. The largest absolute Gasteiger partial charge is 0.425 e. The van der Waals surface area contributed by atoms with Crippen molar-refractivity contribution in [2.45, 2.75) is 13.3 Å². The second-order valence-electron chi connectivity index (χ2n) is 3.84.